The van der Waals surface area contributed by atoms with Crippen molar-refractivity contribution in [3.05, 3.63) is 59.7 Å². The van der Waals surface area contributed by atoms with Crippen molar-refractivity contribution < 1.29 is 32.3 Å². The number of aryl methyl sites for hydroxylation is 1. The summed E-state index contributed by atoms with van der Waals surface area (Å²) in [6.45, 7) is 1.42. The van der Waals surface area contributed by atoms with E-state index < -0.39 is 30.6 Å². The first-order valence-electron chi connectivity index (χ1n) is 8.23. The van der Waals surface area contributed by atoms with Crippen molar-refractivity contribution in [2.24, 2.45) is 0 Å². The molecule has 0 heterocycles. The van der Waals surface area contributed by atoms with Crippen LogP contribution in [0.15, 0.2) is 48.5 Å². The molecule has 0 saturated carbocycles. The molecule has 148 valence electrons. The first kappa shape index (κ1) is 20.9. The van der Waals surface area contributed by atoms with Crippen LogP contribution in [0.1, 0.15) is 22.8 Å². The van der Waals surface area contributed by atoms with Gasteiger partial charge in [0.05, 0.1) is 5.56 Å². The molecule has 0 unspecified atom stereocenters. The zero-order chi connectivity index (χ0) is 20.7. The Morgan fingerprint density at radius 1 is 0.964 bits per heavy atom. The number of carbonyl (C=O) groups excluding carboxylic acids is 3. The maximum absolute atomic E-state index is 12.3. The Bertz CT molecular complexity index is 864. The van der Waals surface area contributed by atoms with Crippen molar-refractivity contribution >= 4 is 29.2 Å². The van der Waals surface area contributed by atoms with Crippen LogP contribution in [0, 0.1) is 0 Å². The van der Waals surface area contributed by atoms with Crippen LogP contribution < -0.4 is 10.6 Å². The van der Waals surface area contributed by atoms with Crippen LogP contribution in [0.5, 0.6) is 0 Å². The number of alkyl halides is 3. The fraction of sp³-hybridized carbons (Fsp3) is 0.211. The largest absolute Gasteiger partial charge is 0.471 e. The average Bonchev–Trinajstić information content (AvgIpc) is 2.66. The predicted octanol–water partition coefficient (Wildman–Crippen LogP) is 3.55. The van der Waals surface area contributed by atoms with Crippen LogP contribution in [0.3, 0.4) is 0 Å². The van der Waals surface area contributed by atoms with Crippen molar-refractivity contribution in [3.63, 3.8) is 0 Å². The molecular weight excluding hydrogens is 377 g/mol. The number of hydrogen-bond donors (Lipinski definition) is 2. The summed E-state index contributed by atoms with van der Waals surface area (Å²) in [7, 11) is 0. The molecule has 28 heavy (non-hydrogen) atoms. The second-order valence-electron chi connectivity index (χ2n) is 5.71. The van der Waals surface area contributed by atoms with Crippen LogP contribution >= 0.6 is 0 Å². The summed E-state index contributed by atoms with van der Waals surface area (Å²) < 4.78 is 41.7. The van der Waals surface area contributed by atoms with Crippen molar-refractivity contribution in [1.82, 2.24) is 0 Å². The molecule has 2 aromatic rings. The first-order valence-corrected chi connectivity index (χ1v) is 8.23. The van der Waals surface area contributed by atoms with Gasteiger partial charge in [-0.05, 0) is 42.3 Å². The fourth-order valence-corrected chi connectivity index (χ4v) is 2.16. The Kier molecular flexibility index (Phi) is 6.75. The Morgan fingerprint density at radius 2 is 1.64 bits per heavy atom. The van der Waals surface area contributed by atoms with Gasteiger partial charge in [0.25, 0.3) is 5.91 Å². The molecule has 0 aliphatic carbocycles. The molecule has 2 amide bonds. The maximum atomic E-state index is 12.3. The first-order chi connectivity index (χ1) is 13.2. The van der Waals surface area contributed by atoms with Crippen molar-refractivity contribution in [2.45, 2.75) is 19.5 Å². The van der Waals surface area contributed by atoms with E-state index in [1.807, 2.05) is 19.1 Å². The minimum atomic E-state index is -5.05. The lowest BCUT2D eigenvalue weighted by molar-refractivity contribution is -0.167. The molecular formula is C19H17F3N2O4. The lowest BCUT2D eigenvalue weighted by Crippen LogP contribution is -2.30. The summed E-state index contributed by atoms with van der Waals surface area (Å²) in [4.78, 5) is 34.8. The molecule has 2 aromatic carbocycles. The number of anilines is 2. The fourth-order valence-electron chi connectivity index (χ4n) is 2.16. The Balaban J connectivity index is 1.90. The molecule has 6 nitrogen and oxygen atoms in total. The lowest BCUT2D eigenvalue weighted by atomic mass is 10.1. The van der Waals surface area contributed by atoms with E-state index in [1.165, 1.54) is 18.2 Å². The number of carbonyl (C=O) groups is 3. The summed E-state index contributed by atoms with van der Waals surface area (Å²) in [6, 6.07) is 11.9. The summed E-state index contributed by atoms with van der Waals surface area (Å²) >= 11 is 0. The molecule has 0 atom stereocenters. The van der Waals surface area contributed by atoms with Gasteiger partial charge >= 0.3 is 18.1 Å². The number of amides is 2. The number of nitrogens with one attached hydrogen (secondary N) is 2. The van der Waals surface area contributed by atoms with E-state index in [4.69, 9.17) is 4.74 Å². The molecule has 0 aliphatic rings. The van der Waals surface area contributed by atoms with Gasteiger partial charge in [0, 0.05) is 11.4 Å². The zero-order valence-corrected chi connectivity index (χ0v) is 14.8. The quantitative estimate of drug-likeness (QED) is 0.734. The number of esters is 1. The third kappa shape index (κ3) is 6.11. The molecule has 0 radical (unpaired) electrons. The van der Waals surface area contributed by atoms with Gasteiger partial charge in [0.15, 0.2) is 6.61 Å². The topological polar surface area (TPSA) is 84.5 Å². The highest BCUT2D eigenvalue weighted by atomic mass is 19.4. The van der Waals surface area contributed by atoms with Crippen molar-refractivity contribution in [2.75, 3.05) is 17.2 Å². The number of rotatable bonds is 6. The van der Waals surface area contributed by atoms with Crippen LogP contribution in [0.25, 0.3) is 0 Å². The molecule has 0 saturated heterocycles. The maximum Gasteiger partial charge on any atom is 0.471 e. The van der Waals surface area contributed by atoms with E-state index in [-0.39, 0.29) is 11.3 Å². The molecule has 2 N–H and O–H groups in total. The van der Waals surface area contributed by atoms with E-state index in [0.29, 0.717) is 5.69 Å². The number of ether oxygens (including phenoxy) is 1. The normalized spacial score (nSPS) is 10.9. The third-order valence-electron chi connectivity index (χ3n) is 3.59. The van der Waals surface area contributed by atoms with Gasteiger partial charge in [-0.1, -0.05) is 25.1 Å². The monoisotopic (exact) mass is 394 g/mol. The minimum absolute atomic E-state index is 0.111. The summed E-state index contributed by atoms with van der Waals surface area (Å²) in [5, 5.41) is 4.19. The lowest BCUT2D eigenvalue weighted by Gasteiger charge is -2.10. The second kappa shape index (κ2) is 9.03. The van der Waals surface area contributed by atoms with E-state index in [9.17, 15) is 27.6 Å². The Labute approximate surface area is 158 Å². The molecule has 0 spiro atoms. The molecule has 2 rings (SSSR count). The summed E-state index contributed by atoms with van der Waals surface area (Å²) in [5.41, 5.74) is 1.30. The van der Waals surface area contributed by atoms with E-state index in [2.05, 4.69) is 5.32 Å². The van der Waals surface area contributed by atoms with Crippen molar-refractivity contribution in [3.8, 4) is 0 Å². The molecule has 0 fully saturated rings. The highest BCUT2D eigenvalue weighted by Gasteiger charge is 2.38. The minimum Gasteiger partial charge on any atom is -0.452 e. The summed E-state index contributed by atoms with van der Waals surface area (Å²) in [5.74, 6) is -3.65. The van der Waals surface area contributed by atoms with Crippen LogP contribution in [-0.4, -0.2) is 30.6 Å². The highest BCUT2D eigenvalue weighted by molar-refractivity contribution is 5.98. The van der Waals surface area contributed by atoms with E-state index in [1.54, 1.807) is 17.4 Å². The van der Waals surface area contributed by atoms with Crippen molar-refractivity contribution in [1.29, 1.82) is 0 Å². The van der Waals surface area contributed by atoms with Crippen LogP contribution in [0.4, 0.5) is 24.5 Å². The van der Waals surface area contributed by atoms with E-state index >= 15 is 0 Å². The van der Waals surface area contributed by atoms with Crippen LogP contribution in [0.2, 0.25) is 0 Å². The number of hydrogen-bond acceptors (Lipinski definition) is 4. The molecule has 0 bridgehead atoms. The average molecular weight is 394 g/mol. The number of benzene rings is 2. The van der Waals surface area contributed by atoms with Gasteiger partial charge in [0.2, 0.25) is 0 Å². The van der Waals surface area contributed by atoms with Gasteiger partial charge < -0.3 is 15.4 Å². The van der Waals surface area contributed by atoms with Gasteiger partial charge in [-0.15, -0.1) is 0 Å². The standard InChI is InChI=1S/C19H17F3N2O4/c1-2-12-6-8-14(9-7-12)23-16(25)11-28-17(26)13-4-3-5-15(10-13)24-18(27)19(20,21)22/h3-10H,2,11H2,1H3,(H,23,25)(H,24,27). The summed E-state index contributed by atoms with van der Waals surface area (Å²) in [6.07, 6.45) is -4.20. The SMILES string of the molecule is CCc1ccc(NC(=O)COC(=O)c2cccc(NC(=O)C(F)(F)F)c2)cc1. The van der Waals surface area contributed by atoms with Gasteiger partial charge in [-0.3, -0.25) is 9.59 Å². The van der Waals surface area contributed by atoms with Gasteiger partial charge in [-0.2, -0.15) is 13.2 Å². The van der Waals surface area contributed by atoms with Crippen LogP contribution in [-0.2, 0) is 20.7 Å². The smallest absolute Gasteiger partial charge is 0.452 e. The Hall–Kier alpha value is -3.36. The highest BCUT2D eigenvalue weighted by Crippen LogP contribution is 2.19. The molecule has 0 aliphatic heterocycles. The molecule has 0 aromatic heterocycles. The predicted molar refractivity (Wildman–Crippen MR) is 95.9 cm³/mol. The molecule has 9 heteroatoms. The number of halogens is 3. The third-order valence-corrected chi connectivity index (χ3v) is 3.59. The Morgan fingerprint density at radius 3 is 2.25 bits per heavy atom. The van der Waals surface area contributed by atoms with Gasteiger partial charge in [-0.25, -0.2) is 4.79 Å². The zero-order valence-electron chi connectivity index (χ0n) is 14.8. The van der Waals surface area contributed by atoms with E-state index in [0.717, 1.165) is 18.1 Å². The van der Waals surface area contributed by atoms with Gasteiger partial charge in [0.1, 0.15) is 0 Å². The second-order valence-corrected chi connectivity index (χ2v) is 5.71.